The Bertz CT molecular complexity index is 1230. The first kappa shape index (κ1) is 22.0. The van der Waals surface area contributed by atoms with E-state index in [0.29, 0.717) is 34.9 Å². The lowest BCUT2D eigenvalue weighted by Gasteiger charge is -2.14. The number of nitrogens with one attached hydrogen (secondary N) is 3. The number of rotatable bonds is 7. The third-order valence-electron chi connectivity index (χ3n) is 5.41. The van der Waals surface area contributed by atoms with Crippen LogP contribution in [0, 0.1) is 24.2 Å². The normalized spacial score (nSPS) is 17.0. The summed E-state index contributed by atoms with van der Waals surface area (Å²) in [4.78, 5) is 52.8. The molecule has 2 fully saturated rings. The van der Waals surface area contributed by atoms with Gasteiger partial charge in [-0.2, -0.15) is 5.26 Å². The van der Waals surface area contributed by atoms with Crippen LogP contribution in [0.15, 0.2) is 29.1 Å². The molecule has 1 unspecified atom stereocenters. The highest BCUT2D eigenvalue weighted by atomic mass is 16.6. The summed E-state index contributed by atoms with van der Waals surface area (Å²) in [5.41, 5.74) is 1.18. The van der Waals surface area contributed by atoms with Crippen LogP contribution in [0.5, 0.6) is 0 Å². The largest absolute Gasteiger partial charge is 0.442 e. The second kappa shape index (κ2) is 9.12. The van der Waals surface area contributed by atoms with Gasteiger partial charge in [0, 0.05) is 17.5 Å². The number of alkyl carbamates (subject to hydrolysis) is 1. The molecule has 0 bridgehead atoms. The first-order valence-corrected chi connectivity index (χ1v) is 10.5. The molecule has 3 amide bonds. The van der Waals surface area contributed by atoms with Crippen molar-refractivity contribution in [3.8, 4) is 17.3 Å². The van der Waals surface area contributed by atoms with Gasteiger partial charge in [0.25, 0.3) is 5.56 Å². The molecular weight excluding hydrogens is 428 g/mol. The molecule has 1 aliphatic carbocycles. The van der Waals surface area contributed by atoms with Crippen molar-refractivity contribution in [3.63, 3.8) is 0 Å². The van der Waals surface area contributed by atoms with Gasteiger partial charge >= 0.3 is 6.09 Å². The van der Waals surface area contributed by atoms with E-state index in [9.17, 15) is 24.4 Å². The van der Waals surface area contributed by atoms with Crippen LogP contribution in [0.3, 0.4) is 0 Å². The Morgan fingerprint density at radius 1 is 1.30 bits per heavy atom. The van der Waals surface area contributed by atoms with Crippen molar-refractivity contribution >= 4 is 23.6 Å². The number of carbonyl (C=O) groups is 3. The lowest BCUT2D eigenvalue weighted by Crippen LogP contribution is -2.38. The smallest absolute Gasteiger partial charge is 0.407 e. The summed E-state index contributed by atoms with van der Waals surface area (Å²) in [6, 6.07) is 8.10. The van der Waals surface area contributed by atoms with Crippen molar-refractivity contribution in [2.45, 2.75) is 32.4 Å². The van der Waals surface area contributed by atoms with Gasteiger partial charge in [-0.15, -0.1) is 0 Å². The first-order chi connectivity index (χ1) is 15.8. The van der Waals surface area contributed by atoms with Crippen LogP contribution in [-0.2, 0) is 20.9 Å². The van der Waals surface area contributed by atoms with Crippen molar-refractivity contribution in [1.82, 2.24) is 20.2 Å². The maximum absolute atomic E-state index is 12.8. The highest BCUT2D eigenvalue weighted by Gasteiger charge is 2.30. The molecule has 33 heavy (non-hydrogen) atoms. The number of hydrogen-bond donors (Lipinski definition) is 3. The van der Waals surface area contributed by atoms with E-state index in [1.165, 1.54) is 10.6 Å². The van der Waals surface area contributed by atoms with E-state index < -0.39 is 23.7 Å². The van der Waals surface area contributed by atoms with E-state index in [4.69, 9.17) is 4.74 Å². The number of amides is 3. The summed E-state index contributed by atoms with van der Waals surface area (Å²) in [6.45, 7) is 1.79. The summed E-state index contributed by atoms with van der Waals surface area (Å²) >= 11 is 0. The van der Waals surface area contributed by atoms with E-state index in [2.05, 4.69) is 20.9 Å². The maximum Gasteiger partial charge on any atom is 0.407 e. The Kier molecular flexibility index (Phi) is 6.08. The highest BCUT2D eigenvalue weighted by molar-refractivity contribution is 5.97. The molecule has 1 atom stereocenters. The summed E-state index contributed by atoms with van der Waals surface area (Å²) in [5.74, 6) is -0.275. The Morgan fingerprint density at radius 3 is 2.73 bits per heavy atom. The second-order valence-electron chi connectivity index (χ2n) is 7.96. The average Bonchev–Trinajstić information content (AvgIpc) is 3.56. The zero-order valence-corrected chi connectivity index (χ0v) is 17.9. The fourth-order valence-corrected chi connectivity index (χ4v) is 3.45. The van der Waals surface area contributed by atoms with Crippen LogP contribution in [0.4, 0.5) is 10.5 Å². The molecule has 1 aromatic carbocycles. The van der Waals surface area contributed by atoms with Crippen molar-refractivity contribution < 1.29 is 19.1 Å². The van der Waals surface area contributed by atoms with Crippen molar-refractivity contribution in [2.24, 2.45) is 5.92 Å². The van der Waals surface area contributed by atoms with E-state index in [-0.39, 0.29) is 24.9 Å². The zero-order chi connectivity index (χ0) is 23.5. The molecule has 1 aliphatic heterocycles. The van der Waals surface area contributed by atoms with Gasteiger partial charge in [-0.05, 0) is 38.0 Å². The molecule has 0 spiro atoms. The standard InChI is InChI=1S/C22H22N6O5/c1-12-26-18(16-5-2-13(8-23)6-17(16)27-21(31)14-3-4-14)7-20(30)28(12)11-19(29)24-9-15-10-25-22(32)33-15/h2,5-7,14-15H,3-4,9-11H2,1H3,(H,24,29)(H,25,32)(H,27,31). The van der Waals surface area contributed by atoms with Gasteiger partial charge in [0.15, 0.2) is 0 Å². The molecule has 11 heteroatoms. The third-order valence-corrected chi connectivity index (χ3v) is 5.41. The summed E-state index contributed by atoms with van der Waals surface area (Å²) in [7, 11) is 0. The number of cyclic esters (lactones) is 1. The van der Waals surface area contributed by atoms with Crippen LogP contribution in [-0.4, -0.2) is 46.7 Å². The number of nitriles is 1. The molecule has 11 nitrogen and oxygen atoms in total. The average molecular weight is 450 g/mol. The van der Waals surface area contributed by atoms with Crippen LogP contribution in [0.1, 0.15) is 24.2 Å². The van der Waals surface area contributed by atoms with Gasteiger partial charge < -0.3 is 20.7 Å². The Labute approximate surface area is 188 Å². The predicted molar refractivity (Wildman–Crippen MR) is 116 cm³/mol. The lowest BCUT2D eigenvalue weighted by molar-refractivity contribution is -0.122. The summed E-state index contributed by atoms with van der Waals surface area (Å²) in [5, 5.41) is 17.2. The number of ether oxygens (including phenoxy) is 1. The van der Waals surface area contributed by atoms with Crippen LogP contribution < -0.4 is 21.5 Å². The molecule has 1 aromatic heterocycles. The third kappa shape index (κ3) is 5.17. The number of aryl methyl sites for hydroxylation is 1. The SMILES string of the molecule is Cc1nc(-c2ccc(C#N)cc2NC(=O)C2CC2)cc(=O)n1CC(=O)NCC1CNC(=O)O1. The molecule has 2 aliphatic rings. The molecule has 2 heterocycles. The molecule has 3 N–H and O–H groups in total. The topological polar surface area (TPSA) is 155 Å². The van der Waals surface area contributed by atoms with Crippen molar-refractivity contribution in [1.29, 1.82) is 5.26 Å². The monoisotopic (exact) mass is 450 g/mol. The van der Waals surface area contributed by atoms with Crippen LogP contribution in [0.25, 0.3) is 11.3 Å². The Hall–Kier alpha value is -4.20. The number of carbonyl (C=O) groups excluding carboxylic acids is 3. The minimum absolute atomic E-state index is 0.0339. The Morgan fingerprint density at radius 2 is 2.09 bits per heavy atom. The predicted octanol–water partition coefficient (Wildman–Crippen LogP) is 0.663. The molecule has 4 rings (SSSR count). The molecule has 2 aromatic rings. The van der Waals surface area contributed by atoms with Gasteiger partial charge in [-0.1, -0.05) is 0 Å². The minimum atomic E-state index is -0.531. The fraction of sp³-hybridized carbons (Fsp3) is 0.364. The van der Waals surface area contributed by atoms with Crippen LogP contribution >= 0.6 is 0 Å². The zero-order valence-electron chi connectivity index (χ0n) is 17.9. The van der Waals surface area contributed by atoms with E-state index in [1.54, 1.807) is 25.1 Å². The summed E-state index contributed by atoms with van der Waals surface area (Å²) in [6.07, 6.45) is 0.666. The highest BCUT2D eigenvalue weighted by Crippen LogP contribution is 2.33. The lowest BCUT2D eigenvalue weighted by atomic mass is 10.1. The summed E-state index contributed by atoms with van der Waals surface area (Å²) < 4.78 is 6.18. The molecule has 170 valence electrons. The maximum atomic E-state index is 12.8. The molecule has 0 radical (unpaired) electrons. The molecule has 1 saturated heterocycles. The second-order valence-corrected chi connectivity index (χ2v) is 7.96. The fourth-order valence-electron chi connectivity index (χ4n) is 3.45. The number of hydrogen-bond acceptors (Lipinski definition) is 7. The van der Waals surface area contributed by atoms with Gasteiger partial charge in [0.1, 0.15) is 18.5 Å². The molecule has 1 saturated carbocycles. The first-order valence-electron chi connectivity index (χ1n) is 10.5. The Balaban J connectivity index is 1.52. The number of benzene rings is 1. The number of aromatic nitrogens is 2. The van der Waals surface area contributed by atoms with Crippen molar-refractivity contribution in [2.75, 3.05) is 18.4 Å². The number of nitrogens with zero attached hydrogens (tertiary/aromatic N) is 3. The van der Waals surface area contributed by atoms with Crippen molar-refractivity contribution in [3.05, 3.63) is 46.0 Å². The molecular formula is C22H22N6O5. The van der Waals surface area contributed by atoms with E-state index in [0.717, 1.165) is 12.8 Å². The number of anilines is 1. The van der Waals surface area contributed by atoms with E-state index >= 15 is 0 Å². The van der Waals surface area contributed by atoms with Gasteiger partial charge in [0.05, 0.1) is 36.1 Å². The van der Waals surface area contributed by atoms with Gasteiger partial charge in [-0.3, -0.25) is 19.0 Å². The quantitative estimate of drug-likeness (QED) is 0.560. The van der Waals surface area contributed by atoms with Gasteiger partial charge in [0.2, 0.25) is 11.8 Å². The van der Waals surface area contributed by atoms with Gasteiger partial charge in [-0.25, -0.2) is 9.78 Å². The van der Waals surface area contributed by atoms with E-state index in [1.807, 2.05) is 6.07 Å². The minimum Gasteiger partial charge on any atom is -0.442 e. The van der Waals surface area contributed by atoms with Crippen LogP contribution in [0.2, 0.25) is 0 Å².